The Labute approximate surface area is 158 Å². The van der Waals surface area contributed by atoms with Crippen LogP contribution in [0.4, 0.5) is 0 Å². The highest BCUT2D eigenvalue weighted by Crippen LogP contribution is 2.72. The van der Waals surface area contributed by atoms with E-state index in [0.717, 1.165) is 17.5 Å². The summed E-state index contributed by atoms with van der Waals surface area (Å²) in [6.45, 7) is 12.2. The van der Waals surface area contributed by atoms with Gasteiger partial charge in [0.05, 0.1) is 10.2 Å². The maximum atomic E-state index is 13.4. The first-order chi connectivity index (χ1) is 11.5. The van der Waals surface area contributed by atoms with Gasteiger partial charge in [-0.25, -0.2) is 0 Å². The zero-order valence-electron chi connectivity index (χ0n) is 15.9. The van der Waals surface area contributed by atoms with E-state index < -0.39 is 21.1 Å². The monoisotopic (exact) mass is 406 g/mol. The molecular formula is C21H27BrO3. The Bertz CT molecular complexity index is 752. The van der Waals surface area contributed by atoms with E-state index in [1.54, 1.807) is 0 Å². The lowest BCUT2D eigenvalue weighted by molar-refractivity contribution is -0.151. The van der Waals surface area contributed by atoms with Crippen LogP contribution in [-0.2, 0) is 9.59 Å². The van der Waals surface area contributed by atoms with Gasteiger partial charge >= 0.3 is 5.97 Å². The summed E-state index contributed by atoms with van der Waals surface area (Å²) in [5.74, 6) is 0.737. The molecule has 2 aliphatic rings. The molecule has 4 heteroatoms. The summed E-state index contributed by atoms with van der Waals surface area (Å²) in [5, 5.41) is 0. The van der Waals surface area contributed by atoms with Crippen molar-refractivity contribution in [3.8, 4) is 5.75 Å². The Kier molecular flexibility index (Phi) is 4.22. The largest absolute Gasteiger partial charge is 0.426 e. The number of aryl methyl sites for hydroxylation is 1. The zero-order chi connectivity index (χ0) is 18.8. The molecule has 3 atom stereocenters. The summed E-state index contributed by atoms with van der Waals surface area (Å²) in [6, 6.07) is 5.98. The van der Waals surface area contributed by atoms with Crippen LogP contribution in [0.2, 0.25) is 0 Å². The molecular weight excluding hydrogens is 380 g/mol. The second-order valence-electron chi connectivity index (χ2n) is 8.74. The molecule has 0 aliphatic heterocycles. The minimum Gasteiger partial charge on any atom is -0.426 e. The summed E-state index contributed by atoms with van der Waals surface area (Å²) in [4.78, 5) is 25.8. The van der Waals surface area contributed by atoms with E-state index in [-0.39, 0.29) is 17.7 Å². The molecule has 0 amide bonds. The molecule has 3 nitrogen and oxygen atoms in total. The smallest absolute Gasteiger partial charge is 0.319 e. The molecule has 0 heterocycles. The van der Waals surface area contributed by atoms with Crippen LogP contribution in [-0.4, -0.2) is 16.6 Å². The number of rotatable bonds is 3. The number of Topliss-reactive ketones (excluding diaryl/α,β-unsaturated/α-hetero) is 1. The number of hydrogen-bond acceptors (Lipinski definition) is 3. The van der Waals surface area contributed by atoms with Gasteiger partial charge in [-0.15, -0.1) is 0 Å². The molecule has 2 bridgehead atoms. The molecule has 25 heavy (non-hydrogen) atoms. The number of halogens is 1. The van der Waals surface area contributed by atoms with E-state index in [1.807, 2.05) is 45.9 Å². The van der Waals surface area contributed by atoms with Crippen LogP contribution in [0.25, 0.3) is 0 Å². The summed E-state index contributed by atoms with van der Waals surface area (Å²) in [5.41, 5.74) is 0.344. The number of ketones is 1. The van der Waals surface area contributed by atoms with E-state index in [4.69, 9.17) is 4.74 Å². The van der Waals surface area contributed by atoms with Crippen LogP contribution in [0.3, 0.4) is 0 Å². The van der Waals surface area contributed by atoms with Crippen LogP contribution in [0.1, 0.15) is 64.5 Å². The fourth-order valence-corrected chi connectivity index (χ4v) is 6.29. The number of esters is 1. The molecule has 1 aromatic carbocycles. The van der Waals surface area contributed by atoms with Gasteiger partial charge in [-0.2, -0.15) is 0 Å². The van der Waals surface area contributed by atoms with Crippen molar-refractivity contribution in [2.75, 3.05) is 0 Å². The highest BCUT2D eigenvalue weighted by atomic mass is 79.9. The molecule has 1 aromatic rings. The highest BCUT2D eigenvalue weighted by Gasteiger charge is 2.77. The van der Waals surface area contributed by atoms with E-state index in [2.05, 4.69) is 29.8 Å². The second-order valence-corrected chi connectivity index (χ2v) is 9.66. The topological polar surface area (TPSA) is 43.4 Å². The quantitative estimate of drug-likeness (QED) is 0.394. The molecule has 0 N–H and O–H groups in total. The van der Waals surface area contributed by atoms with Crippen molar-refractivity contribution in [2.24, 2.45) is 16.2 Å². The molecule has 2 saturated carbocycles. The third kappa shape index (κ3) is 2.22. The second kappa shape index (κ2) is 5.67. The van der Waals surface area contributed by atoms with E-state index in [1.165, 1.54) is 0 Å². The summed E-state index contributed by atoms with van der Waals surface area (Å²) >= 11 is 3.55. The highest BCUT2D eigenvalue weighted by molar-refractivity contribution is 9.10. The molecule has 0 saturated heterocycles. The van der Waals surface area contributed by atoms with Crippen LogP contribution < -0.4 is 4.74 Å². The number of hydrogen-bond donors (Lipinski definition) is 0. The van der Waals surface area contributed by atoms with Crippen LogP contribution >= 0.6 is 15.9 Å². The van der Waals surface area contributed by atoms with E-state index >= 15 is 0 Å². The fourth-order valence-electron chi connectivity index (χ4n) is 4.80. The SMILES string of the molecule is Cc1ccc(C(C)C)c(OC(=O)C23CCC(C)(C(=O)C2Br)C3(C)C)c1. The van der Waals surface area contributed by atoms with Crippen LogP contribution in [0, 0.1) is 23.2 Å². The van der Waals surface area contributed by atoms with Gasteiger partial charge in [-0.3, -0.25) is 9.59 Å². The maximum Gasteiger partial charge on any atom is 0.319 e. The Balaban J connectivity index is 2.03. The number of ether oxygens (including phenoxy) is 1. The normalized spacial score (nSPS) is 33.1. The van der Waals surface area contributed by atoms with Crippen molar-refractivity contribution < 1.29 is 14.3 Å². The number of benzene rings is 1. The van der Waals surface area contributed by atoms with Gasteiger partial charge in [0.25, 0.3) is 0 Å². The Morgan fingerprint density at radius 2 is 1.88 bits per heavy atom. The van der Waals surface area contributed by atoms with Crippen LogP contribution in [0.5, 0.6) is 5.75 Å². The molecule has 0 radical (unpaired) electrons. The van der Waals surface area contributed by atoms with Gasteiger partial charge in [0.15, 0.2) is 5.78 Å². The molecule has 0 spiro atoms. The van der Waals surface area contributed by atoms with Gasteiger partial charge < -0.3 is 4.74 Å². The van der Waals surface area contributed by atoms with E-state index in [9.17, 15) is 9.59 Å². The number of carbonyl (C=O) groups is 2. The van der Waals surface area contributed by atoms with Crippen molar-refractivity contribution in [3.63, 3.8) is 0 Å². The number of fused-ring (bicyclic) bond motifs is 2. The first-order valence-corrected chi connectivity index (χ1v) is 9.92. The Hall–Kier alpha value is -1.16. The lowest BCUT2D eigenvalue weighted by atomic mass is 9.65. The van der Waals surface area contributed by atoms with Crippen molar-refractivity contribution >= 4 is 27.7 Å². The lowest BCUT2D eigenvalue weighted by Crippen LogP contribution is -2.47. The third-order valence-electron chi connectivity index (χ3n) is 7.08. The average molecular weight is 407 g/mol. The summed E-state index contributed by atoms with van der Waals surface area (Å²) in [6.07, 6.45) is 1.42. The van der Waals surface area contributed by atoms with Crippen LogP contribution in [0.15, 0.2) is 18.2 Å². The summed E-state index contributed by atoms with van der Waals surface area (Å²) in [7, 11) is 0. The number of carbonyl (C=O) groups excluding carboxylic acids is 2. The predicted octanol–water partition coefficient (Wildman–Crippen LogP) is 5.18. The van der Waals surface area contributed by atoms with Gasteiger partial charge in [-0.1, -0.05) is 62.7 Å². The van der Waals surface area contributed by atoms with Gasteiger partial charge in [0.2, 0.25) is 0 Å². The van der Waals surface area contributed by atoms with Crippen molar-refractivity contribution in [3.05, 3.63) is 29.3 Å². The summed E-state index contributed by atoms with van der Waals surface area (Å²) < 4.78 is 5.97. The van der Waals surface area contributed by atoms with Gasteiger partial charge in [0.1, 0.15) is 5.75 Å². The fraction of sp³-hybridized carbons (Fsp3) is 0.619. The van der Waals surface area contributed by atoms with E-state index in [0.29, 0.717) is 12.2 Å². The number of alkyl halides is 1. The first kappa shape index (κ1) is 18.6. The third-order valence-corrected chi connectivity index (χ3v) is 8.28. The molecule has 3 rings (SSSR count). The van der Waals surface area contributed by atoms with Crippen molar-refractivity contribution in [1.29, 1.82) is 0 Å². The minimum absolute atomic E-state index is 0.133. The maximum absolute atomic E-state index is 13.4. The molecule has 136 valence electrons. The molecule has 3 unspecified atom stereocenters. The Morgan fingerprint density at radius 1 is 1.24 bits per heavy atom. The molecule has 0 aromatic heterocycles. The first-order valence-electron chi connectivity index (χ1n) is 9.00. The molecule has 2 fully saturated rings. The van der Waals surface area contributed by atoms with Crippen molar-refractivity contribution in [1.82, 2.24) is 0 Å². The van der Waals surface area contributed by atoms with Gasteiger partial charge in [-0.05, 0) is 48.3 Å². The predicted molar refractivity (Wildman–Crippen MR) is 102 cm³/mol. The van der Waals surface area contributed by atoms with Gasteiger partial charge in [0, 0.05) is 5.41 Å². The lowest BCUT2D eigenvalue weighted by Gasteiger charge is -2.38. The van der Waals surface area contributed by atoms with Crippen molar-refractivity contribution in [2.45, 2.75) is 65.1 Å². The minimum atomic E-state index is -0.809. The average Bonchev–Trinajstić information content (AvgIpc) is 2.79. The molecule has 2 aliphatic carbocycles. The zero-order valence-corrected chi connectivity index (χ0v) is 17.5. The Morgan fingerprint density at radius 3 is 2.40 bits per heavy atom. The standard InChI is InChI=1S/C21H27BrO3/c1-12(2)14-8-7-13(3)11-15(14)25-18(24)21-10-9-20(6,19(21,4)5)17(23)16(21)22/h7-8,11-12,16H,9-10H2,1-6H3.